The van der Waals surface area contributed by atoms with Gasteiger partial charge in [0.1, 0.15) is 5.54 Å². The predicted octanol–water partition coefficient (Wildman–Crippen LogP) is 2.45. The summed E-state index contributed by atoms with van der Waals surface area (Å²) >= 11 is 0. The number of carbonyl (C=O) groups excluding carboxylic acids is 1. The summed E-state index contributed by atoms with van der Waals surface area (Å²) in [5.41, 5.74) is -0.584. The number of hydrogen-bond donors (Lipinski definition) is 1. The Balaban J connectivity index is 1.80. The number of nitrogens with one attached hydrogen (secondary N) is 1. The van der Waals surface area contributed by atoms with Crippen LogP contribution in [0, 0.1) is 17.2 Å². The second-order valence-corrected chi connectivity index (χ2v) is 6.78. The first-order valence-corrected chi connectivity index (χ1v) is 7.97. The third-order valence-electron chi connectivity index (χ3n) is 5.05. The van der Waals surface area contributed by atoms with Gasteiger partial charge in [-0.2, -0.15) is 5.26 Å². The molecule has 0 aromatic rings. The van der Waals surface area contributed by atoms with Gasteiger partial charge in [-0.3, -0.25) is 9.69 Å². The van der Waals surface area contributed by atoms with Gasteiger partial charge in [0.2, 0.25) is 5.91 Å². The van der Waals surface area contributed by atoms with Crippen molar-refractivity contribution in [2.24, 2.45) is 5.92 Å². The Hall–Kier alpha value is -1.08. The molecule has 0 atom stereocenters. The minimum absolute atomic E-state index is 0.00886. The standard InChI is InChI=1S/C16H27N3O/c1-13-5-7-14(8-6-13)19(2)11-15(20)18-16(12-17)9-3-4-10-16/h13-14H,3-11H2,1-2H3,(H,18,20). The van der Waals surface area contributed by atoms with Gasteiger partial charge in [0.25, 0.3) is 0 Å². The number of amides is 1. The number of rotatable bonds is 4. The fourth-order valence-corrected chi connectivity index (χ4v) is 3.59. The molecule has 112 valence electrons. The molecule has 0 aromatic heterocycles. The normalized spacial score (nSPS) is 29.1. The summed E-state index contributed by atoms with van der Waals surface area (Å²) in [4.78, 5) is 14.3. The molecule has 20 heavy (non-hydrogen) atoms. The van der Waals surface area contributed by atoms with E-state index < -0.39 is 5.54 Å². The van der Waals surface area contributed by atoms with E-state index in [-0.39, 0.29) is 5.91 Å². The van der Waals surface area contributed by atoms with Gasteiger partial charge in [-0.1, -0.05) is 6.92 Å². The SMILES string of the molecule is CC1CCC(N(C)CC(=O)NC2(C#N)CCCC2)CC1. The molecule has 2 saturated carbocycles. The van der Waals surface area contributed by atoms with Crippen LogP contribution >= 0.6 is 0 Å². The zero-order valence-corrected chi connectivity index (χ0v) is 12.8. The Labute approximate surface area is 122 Å². The highest BCUT2D eigenvalue weighted by Gasteiger charge is 2.35. The quantitative estimate of drug-likeness (QED) is 0.858. The lowest BCUT2D eigenvalue weighted by molar-refractivity contribution is -0.123. The van der Waals surface area contributed by atoms with E-state index in [1.807, 2.05) is 7.05 Å². The van der Waals surface area contributed by atoms with Crippen LogP contribution in [0.3, 0.4) is 0 Å². The Morgan fingerprint density at radius 3 is 2.45 bits per heavy atom. The molecule has 1 N–H and O–H groups in total. The summed E-state index contributed by atoms with van der Waals surface area (Å²) in [6.07, 6.45) is 8.61. The maximum atomic E-state index is 12.2. The van der Waals surface area contributed by atoms with Crippen molar-refractivity contribution in [1.29, 1.82) is 5.26 Å². The van der Waals surface area contributed by atoms with Gasteiger partial charge >= 0.3 is 0 Å². The van der Waals surface area contributed by atoms with Crippen molar-refractivity contribution in [3.63, 3.8) is 0 Å². The summed E-state index contributed by atoms with van der Waals surface area (Å²) in [5.74, 6) is 0.836. The smallest absolute Gasteiger partial charge is 0.235 e. The monoisotopic (exact) mass is 277 g/mol. The Morgan fingerprint density at radius 2 is 1.90 bits per heavy atom. The molecular weight excluding hydrogens is 250 g/mol. The number of carbonyl (C=O) groups is 1. The maximum Gasteiger partial charge on any atom is 0.235 e. The van der Waals surface area contributed by atoms with Crippen molar-refractivity contribution in [2.75, 3.05) is 13.6 Å². The average molecular weight is 277 g/mol. The van der Waals surface area contributed by atoms with E-state index in [2.05, 4.69) is 23.2 Å². The molecule has 2 rings (SSSR count). The van der Waals surface area contributed by atoms with Crippen molar-refractivity contribution in [1.82, 2.24) is 10.2 Å². The van der Waals surface area contributed by atoms with Crippen LogP contribution in [0.2, 0.25) is 0 Å². The summed E-state index contributed by atoms with van der Waals surface area (Å²) in [7, 11) is 2.04. The third kappa shape index (κ3) is 3.73. The molecule has 1 amide bonds. The minimum Gasteiger partial charge on any atom is -0.337 e. The van der Waals surface area contributed by atoms with E-state index in [1.165, 1.54) is 25.7 Å². The van der Waals surface area contributed by atoms with E-state index in [9.17, 15) is 10.1 Å². The molecule has 2 fully saturated rings. The van der Waals surface area contributed by atoms with Crippen molar-refractivity contribution in [3.8, 4) is 6.07 Å². The van der Waals surface area contributed by atoms with E-state index >= 15 is 0 Å². The molecule has 4 nitrogen and oxygen atoms in total. The molecule has 2 aliphatic rings. The van der Waals surface area contributed by atoms with Gasteiger partial charge in [0.05, 0.1) is 12.6 Å². The van der Waals surface area contributed by atoms with Crippen LogP contribution in [0.5, 0.6) is 0 Å². The molecule has 0 bridgehead atoms. The van der Waals surface area contributed by atoms with Crippen molar-refractivity contribution < 1.29 is 4.79 Å². The average Bonchev–Trinajstić information content (AvgIpc) is 2.88. The lowest BCUT2D eigenvalue weighted by atomic mass is 9.87. The van der Waals surface area contributed by atoms with Crippen molar-refractivity contribution in [2.45, 2.75) is 69.9 Å². The van der Waals surface area contributed by atoms with Gasteiger partial charge in [0.15, 0.2) is 0 Å². The van der Waals surface area contributed by atoms with Crippen LogP contribution in [0.4, 0.5) is 0 Å². The fourth-order valence-electron chi connectivity index (χ4n) is 3.59. The summed E-state index contributed by atoms with van der Waals surface area (Å²) < 4.78 is 0. The predicted molar refractivity (Wildman–Crippen MR) is 79.0 cm³/mol. The zero-order valence-electron chi connectivity index (χ0n) is 12.8. The molecule has 0 radical (unpaired) electrons. The largest absolute Gasteiger partial charge is 0.337 e. The van der Waals surface area contributed by atoms with Gasteiger partial charge in [-0.25, -0.2) is 0 Å². The summed E-state index contributed by atoms with van der Waals surface area (Å²) in [6.45, 7) is 2.72. The minimum atomic E-state index is -0.584. The van der Waals surface area contributed by atoms with Crippen LogP contribution in [-0.2, 0) is 4.79 Å². The third-order valence-corrected chi connectivity index (χ3v) is 5.05. The second kappa shape index (κ2) is 6.58. The van der Waals surface area contributed by atoms with Crippen LogP contribution in [0.25, 0.3) is 0 Å². The molecule has 0 unspecified atom stereocenters. The van der Waals surface area contributed by atoms with Gasteiger partial charge in [-0.05, 0) is 64.3 Å². The zero-order chi connectivity index (χ0) is 14.6. The van der Waals surface area contributed by atoms with Crippen molar-refractivity contribution >= 4 is 5.91 Å². The first-order valence-electron chi connectivity index (χ1n) is 7.97. The first-order chi connectivity index (χ1) is 9.54. The molecule has 0 saturated heterocycles. The van der Waals surface area contributed by atoms with Crippen LogP contribution in [-0.4, -0.2) is 36.0 Å². The molecule has 0 aromatic carbocycles. The van der Waals surface area contributed by atoms with E-state index in [0.717, 1.165) is 31.6 Å². The lowest BCUT2D eigenvalue weighted by Gasteiger charge is -2.33. The second-order valence-electron chi connectivity index (χ2n) is 6.78. The Morgan fingerprint density at radius 1 is 1.30 bits per heavy atom. The van der Waals surface area contributed by atoms with Gasteiger partial charge < -0.3 is 5.32 Å². The lowest BCUT2D eigenvalue weighted by Crippen LogP contribution is -2.50. The molecule has 4 heteroatoms. The Bertz CT molecular complexity index is 374. The summed E-state index contributed by atoms with van der Waals surface area (Å²) in [6, 6.07) is 2.84. The molecular formula is C16H27N3O. The van der Waals surface area contributed by atoms with E-state index in [4.69, 9.17) is 0 Å². The molecule has 2 aliphatic carbocycles. The molecule has 0 heterocycles. The van der Waals surface area contributed by atoms with E-state index in [1.54, 1.807) is 0 Å². The highest BCUT2D eigenvalue weighted by atomic mass is 16.2. The van der Waals surface area contributed by atoms with Crippen LogP contribution in [0.1, 0.15) is 58.3 Å². The van der Waals surface area contributed by atoms with E-state index in [0.29, 0.717) is 12.6 Å². The number of likely N-dealkylation sites (N-methyl/N-ethyl adjacent to an activating group) is 1. The number of nitrogens with zero attached hydrogens (tertiary/aromatic N) is 2. The Kier molecular flexibility index (Phi) is 5.04. The molecule has 0 aliphatic heterocycles. The van der Waals surface area contributed by atoms with Gasteiger partial charge in [0, 0.05) is 6.04 Å². The van der Waals surface area contributed by atoms with Crippen LogP contribution in [0.15, 0.2) is 0 Å². The van der Waals surface area contributed by atoms with Crippen molar-refractivity contribution in [3.05, 3.63) is 0 Å². The fraction of sp³-hybridized carbons (Fsp3) is 0.875. The van der Waals surface area contributed by atoms with Gasteiger partial charge in [-0.15, -0.1) is 0 Å². The first kappa shape index (κ1) is 15.3. The summed E-state index contributed by atoms with van der Waals surface area (Å²) in [5, 5.41) is 12.3. The number of hydrogen-bond acceptors (Lipinski definition) is 3. The van der Waals surface area contributed by atoms with Crippen LogP contribution < -0.4 is 5.32 Å². The maximum absolute atomic E-state index is 12.2. The topological polar surface area (TPSA) is 56.1 Å². The molecule has 0 spiro atoms. The number of nitriles is 1. The highest BCUT2D eigenvalue weighted by Crippen LogP contribution is 2.29. The highest BCUT2D eigenvalue weighted by molar-refractivity contribution is 5.79.